The second-order valence-electron chi connectivity index (χ2n) is 5.88. The molecule has 27 heavy (non-hydrogen) atoms. The van der Waals surface area contributed by atoms with Gasteiger partial charge in [0.15, 0.2) is 11.5 Å². The Morgan fingerprint density at radius 1 is 1.04 bits per heavy atom. The molecule has 1 aromatic heterocycles. The summed E-state index contributed by atoms with van der Waals surface area (Å²) in [7, 11) is 0. The second kappa shape index (κ2) is 7.13. The minimum absolute atomic E-state index is 0.202. The number of nitrogens with one attached hydrogen (secondary N) is 2. The number of carbonyl (C=O) groups is 1. The van der Waals surface area contributed by atoms with Gasteiger partial charge in [-0.2, -0.15) is 0 Å². The summed E-state index contributed by atoms with van der Waals surface area (Å²) in [6.07, 6.45) is 0. The fraction of sp³-hybridized carbons (Fsp3) is 0.105. The standard InChI is InChI=1S/C19H15ClN4O3/c1-11-7-15(18(25)22-13-4-2-3-12(20)8-13)24-19(21-11)23-14-5-6-16-17(9-14)27-10-26-16/h2-9H,10H2,1H3,(H,22,25)(H,21,23,24). The molecule has 4 rings (SSSR count). The van der Waals surface area contributed by atoms with Crippen LogP contribution >= 0.6 is 11.6 Å². The number of halogens is 1. The van der Waals surface area contributed by atoms with E-state index in [-0.39, 0.29) is 18.4 Å². The summed E-state index contributed by atoms with van der Waals surface area (Å²) in [5, 5.41) is 6.40. The Balaban J connectivity index is 1.55. The molecular formula is C19H15ClN4O3. The summed E-state index contributed by atoms with van der Waals surface area (Å²) in [5.74, 6) is 1.29. The normalized spacial score (nSPS) is 11.9. The molecule has 0 aliphatic carbocycles. The largest absolute Gasteiger partial charge is 0.454 e. The number of carbonyl (C=O) groups excluding carboxylic acids is 1. The molecule has 2 aromatic carbocycles. The van der Waals surface area contributed by atoms with Gasteiger partial charge in [0.2, 0.25) is 12.7 Å². The van der Waals surface area contributed by atoms with Gasteiger partial charge in [-0.25, -0.2) is 9.97 Å². The lowest BCUT2D eigenvalue weighted by atomic mass is 10.2. The van der Waals surface area contributed by atoms with Crippen LogP contribution in [-0.2, 0) is 0 Å². The first-order valence-electron chi connectivity index (χ1n) is 8.16. The van der Waals surface area contributed by atoms with Crippen molar-refractivity contribution in [3.8, 4) is 11.5 Å². The first-order chi connectivity index (χ1) is 13.1. The van der Waals surface area contributed by atoms with Gasteiger partial charge in [0.1, 0.15) is 5.69 Å². The molecule has 0 fully saturated rings. The van der Waals surface area contributed by atoms with Gasteiger partial charge in [0.25, 0.3) is 5.91 Å². The number of rotatable bonds is 4. The summed E-state index contributed by atoms with van der Waals surface area (Å²) in [5.41, 5.74) is 2.22. The second-order valence-corrected chi connectivity index (χ2v) is 6.31. The van der Waals surface area contributed by atoms with Crippen molar-refractivity contribution in [3.05, 3.63) is 64.9 Å². The first-order valence-corrected chi connectivity index (χ1v) is 8.54. The van der Waals surface area contributed by atoms with Gasteiger partial charge in [0.05, 0.1) is 0 Å². The van der Waals surface area contributed by atoms with Crippen LogP contribution in [0.15, 0.2) is 48.5 Å². The van der Waals surface area contributed by atoms with Gasteiger partial charge in [-0.1, -0.05) is 17.7 Å². The minimum Gasteiger partial charge on any atom is -0.454 e. The average Bonchev–Trinajstić information content (AvgIpc) is 3.09. The number of hydrogen-bond donors (Lipinski definition) is 2. The Kier molecular flexibility index (Phi) is 4.52. The molecule has 0 saturated heterocycles. The summed E-state index contributed by atoms with van der Waals surface area (Å²) < 4.78 is 10.7. The van der Waals surface area contributed by atoms with Gasteiger partial charge in [-0.05, 0) is 43.3 Å². The zero-order chi connectivity index (χ0) is 18.8. The third-order valence-electron chi connectivity index (χ3n) is 3.80. The highest BCUT2D eigenvalue weighted by Gasteiger charge is 2.15. The monoisotopic (exact) mass is 382 g/mol. The molecule has 0 spiro atoms. The van der Waals surface area contributed by atoms with Crippen LogP contribution in [0.3, 0.4) is 0 Å². The van der Waals surface area contributed by atoms with Gasteiger partial charge in [0, 0.05) is 28.2 Å². The zero-order valence-corrected chi connectivity index (χ0v) is 15.1. The Bertz CT molecular complexity index is 1030. The van der Waals surface area contributed by atoms with Crippen molar-refractivity contribution < 1.29 is 14.3 Å². The van der Waals surface area contributed by atoms with E-state index in [1.807, 2.05) is 6.07 Å². The van der Waals surface area contributed by atoms with Crippen LogP contribution in [-0.4, -0.2) is 22.7 Å². The van der Waals surface area contributed by atoms with Crippen LogP contribution in [0.5, 0.6) is 11.5 Å². The number of nitrogens with zero attached hydrogens (tertiary/aromatic N) is 2. The quantitative estimate of drug-likeness (QED) is 0.704. The van der Waals surface area contributed by atoms with E-state index in [1.54, 1.807) is 49.4 Å². The van der Waals surface area contributed by atoms with Crippen molar-refractivity contribution in [2.75, 3.05) is 17.4 Å². The van der Waals surface area contributed by atoms with Crippen molar-refractivity contribution in [2.45, 2.75) is 6.92 Å². The fourth-order valence-corrected chi connectivity index (χ4v) is 2.80. The SMILES string of the molecule is Cc1cc(C(=O)Nc2cccc(Cl)c2)nc(Nc2ccc3c(c2)OCO3)n1. The molecule has 7 nitrogen and oxygen atoms in total. The topological polar surface area (TPSA) is 85.4 Å². The highest BCUT2D eigenvalue weighted by molar-refractivity contribution is 6.30. The van der Waals surface area contributed by atoms with Crippen LogP contribution < -0.4 is 20.1 Å². The summed E-state index contributed by atoms with van der Waals surface area (Å²) in [4.78, 5) is 21.2. The summed E-state index contributed by atoms with van der Waals surface area (Å²) in [6, 6.07) is 13.9. The average molecular weight is 383 g/mol. The van der Waals surface area contributed by atoms with E-state index in [0.29, 0.717) is 33.9 Å². The number of ether oxygens (including phenoxy) is 2. The fourth-order valence-electron chi connectivity index (χ4n) is 2.61. The Hall–Kier alpha value is -3.32. The zero-order valence-electron chi connectivity index (χ0n) is 14.3. The molecule has 0 radical (unpaired) electrons. The third kappa shape index (κ3) is 3.93. The highest BCUT2D eigenvalue weighted by Crippen LogP contribution is 2.34. The van der Waals surface area contributed by atoms with E-state index in [4.69, 9.17) is 21.1 Å². The number of amides is 1. The number of aromatic nitrogens is 2. The van der Waals surface area contributed by atoms with E-state index in [0.717, 1.165) is 5.69 Å². The Morgan fingerprint density at radius 2 is 1.89 bits per heavy atom. The molecule has 1 aliphatic rings. The Morgan fingerprint density at radius 3 is 2.74 bits per heavy atom. The Labute approximate surface area is 160 Å². The molecule has 0 unspecified atom stereocenters. The molecule has 136 valence electrons. The number of anilines is 3. The molecular weight excluding hydrogens is 368 g/mol. The molecule has 0 atom stereocenters. The highest BCUT2D eigenvalue weighted by atomic mass is 35.5. The molecule has 0 saturated carbocycles. The molecule has 1 aliphatic heterocycles. The van der Waals surface area contributed by atoms with Crippen molar-refractivity contribution in [3.63, 3.8) is 0 Å². The van der Waals surface area contributed by atoms with Gasteiger partial charge < -0.3 is 20.1 Å². The van der Waals surface area contributed by atoms with Crippen LogP contribution in [0.2, 0.25) is 5.02 Å². The van der Waals surface area contributed by atoms with Crippen LogP contribution in [0.25, 0.3) is 0 Å². The smallest absolute Gasteiger partial charge is 0.274 e. The number of fused-ring (bicyclic) bond motifs is 1. The van der Waals surface area contributed by atoms with Crippen LogP contribution in [0, 0.1) is 6.92 Å². The summed E-state index contributed by atoms with van der Waals surface area (Å²) >= 11 is 5.95. The molecule has 8 heteroatoms. The van der Waals surface area contributed by atoms with Crippen LogP contribution in [0.4, 0.5) is 17.3 Å². The number of hydrogen-bond acceptors (Lipinski definition) is 6. The molecule has 2 N–H and O–H groups in total. The maximum Gasteiger partial charge on any atom is 0.274 e. The lowest BCUT2D eigenvalue weighted by Crippen LogP contribution is -2.15. The van der Waals surface area contributed by atoms with Crippen molar-refractivity contribution in [2.24, 2.45) is 0 Å². The van der Waals surface area contributed by atoms with Gasteiger partial charge in [-0.15, -0.1) is 0 Å². The predicted octanol–water partition coefficient (Wildman–Crippen LogP) is 4.16. The minimum atomic E-state index is -0.350. The molecule has 3 aromatic rings. The number of benzene rings is 2. The van der Waals surface area contributed by atoms with Crippen molar-refractivity contribution in [1.29, 1.82) is 0 Å². The van der Waals surface area contributed by atoms with E-state index >= 15 is 0 Å². The molecule has 1 amide bonds. The lowest BCUT2D eigenvalue weighted by Gasteiger charge is -2.09. The van der Waals surface area contributed by atoms with Crippen LogP contribution in [0.1, 0.15) is 16.2 Å². The maximum atomic E-state index is 12.5. The number of aryl methyl sites for hydroxylation is 1. The van der Waals surface area contributed by atoms with Crippen molar-refractivity contribution in [1.82, 2.24) is 9.97 Å². The summed E-state index contributed by atoms with van der Waals surface area (Å²) in [6.45, 7) is 2.00. The van der Waals surface area contributed by atoms with E-state index in [2.05, 4.69) is 20.6 Å². The lowest BCUT2D eigenvalue weighted by molar-refractivity contribution is 0.102. The third-order valence-corrected chi connectivity index (χ3v) is 4.03. The molecule has 0 bridgehead atoms. The maximum absolute atomic E-state index is 12.5. The molecule has 2 heterocycles. The predicted molar refractivity (Wildman–Crippen MR) is 102 cm³/mol. The first kappa shape index (κ1) is 17.1. The van der Waals surface area contributed by atoms with Crippen molar-refractivity contribution >= 4 is 34.8 Å². The van der Waals surface area contributed by atoms with E-state index in [9.17, 15) is 4.79 Å². The van der Waals surface area contributed by atoms with E-state index in [1.165, 1.54) is 0 Å². The van der Waals surface area contributed by atoms with Gasteiger partial charge in [-0.3, -0.25) is 4.79 Å². The van der Waals surface area contributed by atoms with Gasteiger partial charge >= 0.3 is 0 Å². The van der Waals surface area contributed by atoms with E-state index < -0.39 is 0 Å².